The molecule has 0 bridgehead atoms. The fourth-order valence-corrected chi connectivity index (χ4v) is 3.81. The molecule has 0 aliphatic carbocycles. The van der Waals surface area contributed by atoms with Crippen molar-refractivity contribution in [2.45, 2.75) is 18.0 Å². The monoisotopic (exact) mass is 411 g/mol. The number of nitro groups is 1. The molecule has 0 spiro atoms. The first kappa shape index (κ1) is 19.5. The van der Waals surface area contributed by atoms with Crippen molar-refractivity contribution < 1.29 is 26.5 Å². The minimum atomic E-state index is -4.85. The third-order valence-corrected chi connectivity index (χ3v) is 5.29. The van der Waals surface area contributed by atoms with E-state index in [2.05, 4.69) is 9.71 Å². The molecular formula is C17H12F3N3O4S. The van der Waals surface area contributed by atoms with Gasteiger partial charge >= 0.3 is 6.18 Å². The Bertz CT molecular complexity index is 1190. The van der Waals surface area contributed by atoms with E-state index in [1.54, 1.807) is 31.2 Å². The zero-order chi connectivity index (χ0) is 20.7. The summed E-state index contributed by atoms with van der Waals surface area (Å²) in [6, 6.07) is 9.33. The standard InChI is InChI=1S/C17H12F3N3O4S/c1-10-5-6-11-3-2-4-13(16(11)21-10)22-28(26,27)15-8-7-12(17(18,19)20)9-14(15)23(24)25/h2-9,22H,1H3. The SMILES string of the molecule is Cc1ccc2cccc(NS(=O)(=O)c3ccc(C(F)(F)F)cc3[N+](=O)[O-])c2n1. The molecule has 0 aliphatic heterocycles. The number of rotatable bonds is 4. The van der Waals surface area contributed by atoms with Gasteiger partial charge in [0, 0.05) is 17.1 Å². The van der Waals surface area contributed by atoms with Gasteiger partial charge in [-0.15, -0.1) is 0 Å². The fourth-order valence-electron chi connectivity index (χ4n) is 2.59. The molecule has 0 radical (unpaired) electrons. The highest BCUT2D eigenvalue weighted by Crippen LogP contribution is 2.35. The molecule has 1 heterocycles. The number of hydrogen-bond donors (Lipinski definition) is 1. The maximum absolute atomic E-state index is 12.8. The van der Waals surface area contributed by atoms with E-state index >= 15 is 0 Å². The molecule has 3 aromatic rings. The molecule has 1 N–H and O–H groups in total. The largest absolute Gasteiger partial charge is 0.416 e. The minimum Gasteiger partial charge on any atom is -0.277 e. The number of halogens is 3. The molecule has 0 saturated heterocycles. The number of hydrogen-bond acceptors (Lipinski definition) is 5. The Morgan fingerprint density at radius 2 is 1.82 bits per heavy atom. The van der Waals surface area contributed by atoms with Gasteiger partial charge in [-0.2, -0.15) is 13.2 Å². The third-order valence-electron chi connectivity index (χ3n) is 3.88. The summed E-state index contributed by atoms with van der Waals surface area (Å²) in [5.41, 5.74) is -1.53. The third kappa shape index (κ3) is 3.74. The lowest BCUT2D eigenvalue weighted by molar-refractivity contribution is -0.388. The van der Waals surface area contributed by atoms with Crippen LogP contribution in [0.4, 0.5) is 24.5 Å². The minimum absolute atomic E-state index is 0.0513. The van der Waals surface area contributed by atoms with E-state index in [4.69, 9.17) is 0 Å². The molecule has 0 amide bonds. The zero-order valence-electron chi connectivity index (χ0n) is 14.2. The van der Waals surface area contributed by atoms with Crippen molar-refractivity contribution in [2.75, 3.05) is 4.72 Å². The molecule has 146 valence electrons. The van der Waals surface area contributed by atoms with Crippen LogP contribution in [0.15, 0.2) is 53.4 Å². The van der Waals surface area contributed by atoms with Gasteiger partial charge in [-0.1, -0.05) is 18.2 Å². The number of nitrogens with zero attached hydrogens (tertiary/aromatic N) is 2. The molecule has 7 nitrogen and oxygen atoms in total. The lowest BCUT2D eigenvalue weighted by Gasteiger charge is -2.12. The highest BCUT2D eigenvalue weighted by Gasteiger charge is 2.35. The smallest absolute Gasteiger partial charge is 0.277 e. The fraction of sp³-hybridized carbons (Fsp3) is 0.118. The number of sulfonamides is 1. The van der Waals surface area contributed by atoms with E-state index in [1.165, 1.54) is 6.07 Å². The number of aromatic nitrogens is 1. The molecule has 3 rings (SSSR count). The van der Waals surface area contributed by atoms with Crippen molar-refractivity contribution in [3.63, 3.8) is 0 Å². The Hall–Kier alpha value is -3.21. The Morgan fingerprint density at radius 3 is 2.46 bits per heavy atom. The average molecular weight is 411 g/mol. The van der Waals surface area contributed by atoms with Crippen molar-refractivity contribution in [1.29, 1.82) is 0 Å². The lowest BCUT2D eigenvalue weighted by Crippen LogP contribution is -2.16. The molecule has 11 heteroatoms. The van der Waals surface area contributed by atoms with Crippen LogP contribution in [0.25, 0.3) is 10.9 Å². The Kier molecular flexibility index (Phi) is 4.71. The quantitative estimate of drug-likeness (QED) is 0.510. The normalized spacial score (nSPS) is 12.1. The molecule has 0 aliphatic rings. The summed E-state index contributed by atoms with van der Waals surface area (Å²) in [5.74, 6) is 0. The summed E-state index contributed by atoms with van der Waals surface area (Å²) in [6.45, 7) is 1.70. The van der Waals surface area contributed by atoms with Gasteiger partial charge < -0.3 is 0 Å². The first-order chi connectivity index (χ1) is 13.0. The summed E-state index contributed by atoms with van der Waals surface area (Å²) in [4.78, 5) is 13.4. The van der Waals surface area contributed by atoms with Crippen LogP contribution in [0.3, 0.4) is 0 Å². The van der Waals surface area contributed by atoms with Crippen molar-refractivity contribution in [3.05, 3.63) is 69.9 Å². The van der Waals surface area contributed by atoms with E-state index in [0.29, 0.717) is 28.7 Å². The van der Waals surface area contributed by atoms with Gasteiger partial charge in [-0.3, -0.25) is 19.8 Å². The first-order valence-electron chi connectivity index (χ1n) is 7.74. The topological polar surface area (TPSA) is 102 Å². The summed E-state index contributed by atoms with van der Waals surface area (Å²) in [6.07, 6.45) is -4.85. The molecule has 1 aromatic heterocycles. The molecule has 0 saturated carbocycles. The summed E-state index contributed by atoms with van der Waals surface area (Å²) < 4.78 is 66.0. The Morgan fingerprint density at radius 1 is 1.11 bits per heavy atom. The number of para-hydroxylation sites is 1. The molecular weight excluding hydrogens is 399 g/mol. The number of nitrogens with one attached hydrogen (secondary N) is 1. The van der Waals surface area contributed by atoms with Crippen molar-refractivity contribution in [2.24, 2.45) is 0 Å². The van der Waals surface area contributed by atoms with Gasteiger partial charge in [0.15, 0.2) is 4.90 Å². The van der Waals surface area contributed by atoms with Crippen LogP contribution in [0.5, 0.6) is 0 Å². The highest BCUT2D eigenvalue weighted by atomic mass is 32.2. The number of nitro benzene ring substituents is 1. The number of anilines is 1. The number of benzene rings is 2. The highest BCUT2D eigenvalue weighted by molar-refractivity contribution is 7.92. The second kappa shape index (κ2) is 6.75. The van der Waals surface area contributed by atoms with Gasteiger partial charge in [0.2, 0.25) is 0 Å². The Labute approximate surface area is 157 Å². The predicted molar refractivity (Wildman–Crippen MR) is 95.4 cm³/mol. The van der Waals surface area contributed by atoms with Crippen LogP contribution in [0.1, 0.15) is 11.3 Å². The zero-order valence-corrected chi connectivity index (χ0v) is 15.0. The molecule has 0 unspecified atom stereocenters. The van der Waals surface area contributed by atoms with Gasteiger partial charge in [0.1, 0.15) is 0 Å². The van der Waals surface area contributed by atoms with Crippen molar-refractivity contribution >= 4 is 32.3 Å². The number of alkyl halides is 3. The number of fused-ring (bicyclic) bond motifs is 1. The molecule has 28 heavy (non-hydrogen) atoms. The van der Waals surface area contributed by atoms with Crippen molar-refractivity contribution in [3.8, 4) is 0 Å². The van der Waals surface area contributed by atoms with Crippen LogP contribution >= 0.6 is 0 Å². The summed E-state index contributed by atoms with van der Waals surface area (Å²) in [5, 5.41) is 11.8. The van der Waals surface area contributed by atoms with E-state index < -0.39 is 37.3 Å². The van der Waals surface area contributed by atoms with Crippen LogP contribution in [-0.2, 0) is 16.2 Å². The maximum Gasteiger partial charge on any atom is 0.416 e. The molecule has 0 fully saturated rings. The second-order valence-electron chi connectivity index (χ2n) is 5.87. The van der Waals surface area contributed by atoms with E-state index in [9.17, 15) is 31.7 Å². The van der Waals surface area contributed by atoms with Crippen molar-refractivity contribution in [1.82, 2.24) is 4.98 Å². The van der Waals surface area contributed by atoms with Gasteiger partial charge in [-0.05, 0) is 31.2 Å². The van der Waals surface area contributed by atoms with Gasteiger partial charge in [0.05, 0.1) is 21.7 Å². The number of aryl methyl sites for hydroxylation is 1. The second-order valence-corrected chi connectivity index (χ2v) is 7.52. The van der Waals surface area contributed by atoms with E-state index in [0.717, 1.165) is 0 Å². The summed E-state index contributed by atoms with van der Waals surface area (Å²) >= 11 is 0. The van der Waals surface area contributed by atoms with Gasteiger partial charge in [-0.25, -0.2) is 8.42 Å². The number of pyridine rings is 1. The maximum atomic E-state index is 12.8. The molecule has 0 atom stereocenters. The lowest BCUT2D eigenvalue weighted by atomic mass is 10.2. The Balaban J connectivity index is 2.12. The molecule has 2 aromatic carbocycles. The van der Waals surface area contributed by atoms with Crippen LogP contribution < -0.4 is 4.72 Å². The van der Waals surface area contributed by atoms with Crippen LogP contribution in [-0.4, -0.2) is 18.3 Å². The van der Waals surface area contributed by atoms with Crippen LogP contribution in [0.2, 0.25) is 0 Å². The van der Waals surface area contributed by atoms with E-state index in [-0.39, 0.29) is 11.8 Å². The predicted octanol–water partition coefficient (Wildman–Crippen LogP) is 4.27. The summed E-state index contributed by atoms with van der Waals surface area (Å²) in [7, 11) is -4.55. The van der Waals surface area contributed by atoms with E-state index in [1.807, 2.05) is 0 Å². The van der Waals surface area contributed by atoms with Crippen LogP contribution in [0, 0.1) is 17.0 Å². The average Bonchev–Trinajstić information content (AvgIpc) is 2.60. The van der Waals surface area contributed by atoms with Gasteiger partial charge in [0.25, 0.3) is 15.7 Å². The first-order valence-corrected chi connectivity index (χ1v) is 9.22.